The molecule has 61 heavy (non-hydrogen) atoms. The summed E-state index contributed by atoms with van der Waals surface area (Å²) in [5.41, 5.74) is 0.129. The van der Waals surface area contributed by atoms with Gasteiger partial charge in [-0.3, -0.25) is 4.79 Å². The largest absolute Gasteiger partial charge is 0.462 e. The number of hydrogen-bond acceptors (Lipinski definition) is 14. The van der Waals surface area contributed by atoms with Gasteiger partial charge in [-0.1, -0.05) is 64.2 Å². The second kappa shape index (κ2) is 19.0. The number of aliphatic hydroxyl groups excluding tert-OH is 2. The summed E-state index contributed by atoms with van der Waals surface area (Å²) in [7, 11) is 3.22. The molecule has 2 bridgehead atoms. The summed E-state index contributed by atoms with van der Waals surface area (Å²) < 4.78 is 63.5. The van der Waals surface area contributed by atoms with Gasteiger partial charge in [0.15, 0.2) is 18.4 Å². The van der Waals surface area contributed by atoms with Crippen LogP contribution in [-0.2, 0) is 52.2 Å². The highest BCUT2D eigenvalue weighted by atomic mass is 16.7. The van der Waals surface area contributed by atoms with E-state index in [9.17, 15) is 20.1 Å². The van der Waals surface area contributed by atoms with E-state index in [2.05, 4.69) is 39.8 Å². The van der Waals surface area contributed by atoms with E-state index in [1.807, 2.05) is 32.1 Å². The van der Waals surface area contributed by atoms with Gasteiger partial charge >= 0.3 is 5.97 Å². The number of carbonyl (C=O) groups is 1. The number of carbonyl (C=O) groups excluding carboxylic acids is 1. The van der Waals surface area contributed by atoms with Crippen LogP contribution in [0.1, 0.15) is 87.5 Å². The van der Waals surface area contributed by atoms with E-state index in [1.165, 1.54) is 0 Å². The number of fused-ring (bicyclic) bond motifs is 2. The van der Waals surface area contributed by atoms with E-state index in [-0.39, 0.29) is 42.7 Å². The van der Waals surface area contributed by atoms with Crippen LogP contribution in [-0.4, -0.2) is 139 Å². The van der Waals surface area contributed by atoms with Crippen LogP contribution in [0.25, 0.3) is 0 Å². The Bertz CT molecular complexity index is 1710. The molecule has 342 valence electrons. The Morgan fingerprint density at radius 1 is 0.852 bits per heavy atom. The van der Waals surface area contributed by atoms with Crippen LogP contribution in [0.3, 0.4) is 0 Å². The summed E-state index contributed by atoms with van der Waals surface area (Å²) >= 11 is 0. The molecule has 1 spiro atoms. The van der Waals surface area contributed by atoms with Crippen molar-refractivity contribution in [3.8, 4) is 0 Å². The van der Waals surface area contributed by atoms with Crippen LogP contribution in [0.5, 0.6) is 0 Å². The molecule has 0 aromatic rings. The topological polar surface area (TPSA) is 170 Å². The molecule has 7 rings (SSSR count). The average Bonchev–Trinajstić information content (AvgIpc) is 3.56. The van der Waals surface area contributed by atoms with Gasteiger partial charge in [0.25, 0.3) is 0 Å². The van der Waals surface area contributed by atoms with Crippen molar-refractivity contribution in [1.82, 2.24) is 0 Å². The fourth-order valence-corrected chi connectivity index (χ4v) is 10.4. The lowest BCUT2D eigenvalue weighted by atomic mass is 9.71. The maximum absolute atomic E-state index is 14.3. The lowest BCUT2D eigenvalue weighted by Gasteiger charge is -2.48. The van der Waals surface area contributed by atoms with E-state index in [0.717, 1.165) is 5.57 Å². The molecule has 0 radical (unpaired) electrons. The predicted molar refractivity (Wildman–Crippen MR) is 223 cm³/mol. The fraction of sp³-hybridized carbons (Fsp3) is 0.766. The van der Waals surface area contributed by atoms with Crippen LogP contribution < -0.4 is 0 Å². The highest BCUT2D eigenvalue weighted by molar-refractivity contribution is 5.78. The third kappa shape index (κ3) is 9.58. The number of aliphatic hydroxyl groups is 3. The minimum atomic E-state index is -1.83. The molecule has 19 atom stereocenters. The van der Waals surface area contributed by atoms with Crippen LogP contribution in [0.15, 0.2) is 59.3 Å². The van der Waals surface area contributed by atoms with Crippen molar-refractivity contribution in [2.45, 2.75) is 185 Å². The molecular weight excluding hydrogens is 789 g/mol. The van der Waals surface area contributed by atoms with E-state index in [1.54, 1.807) is 40.2 Å². The van der Waals surface area contributed by atoms with E-state index in [0.29, 0.717) is 43.3 Å². The van der Waals surface area contributed by atoms with Gasteiger partial charge in [0.1, 0.15) is 42.0 Å². The maximum atomic E-state index is 14.3. The Labute approximate surface area is 361 Å². The van der Waals surface area contributed by atoms with Crippen molar-refractivity contribution in [3.63, 3.8) is 0 Å². The normalized spacial score (nSPS) is 47.1. The molecule has 1 aliphatic carbocycles. The quantitative estimate of drug-likeness (QED) is 0.231. The zero-order valence-electron chi connectivity index (χ0n) is 37.5. The van der Waals surface area contributed by atoms with Crippen LogP contribution in [0.4, 0.5) is 0 Å². The fourth-order valence-electron chi connectivity index (χ4n) is 10.4. The van der Waals surface area contributed by atoms with E-state index >= 15 is 0 Å². The Morgan fingerprint density at radius 3 is 2.28 bits per heavy atom. The van der Waals surface area contributed by atoms with E-state index < -0.39 is 90.8 Å². The molecule has 0 saturated carbocycles. The van der Waals surface area contributed by atoms with Gasteiger partial charge in [-0.25, -0.2) is 0 Å². The van der Waals surface area contributed by atoms with Crippen molar-refractivity contribution in [1.29, 1.82) is 0 Å². The van der Waals surface area contributed by atoms with Gasteiger partial charge in [0.2, 0.25) is 0 Å². The molecule has 6 unspecified atom stereocenters. The zero-order valence-corrected chi connectivity index (χ0v) is 37.5. The maximum Gasteiger partial charge on any atom is 0.316 e. The molecule has 0 aromatic carbocycles. The average molecular weight is 859 g/mol. The lowest BCUT2D eigenvalue weighted by Crippen LogP contribution is -2.58. The van der Waals surface area contributed by atoms with E-state index in [4.69, 9.17) is 47.4 Å². The predicted octanol–water partition coefficient (Wildman–Crippen LogP) is 4.99. The SMILES string of the molecule is CO[C@H]1CC(O[C@@H]2[C@H](C)OC(O[C@@H]3C(C)=CC[C@@H]4C[C@H](CC5(C=CC(C)[C@H](C(C)C)O5)O4)OC(=O)[C@@H]4C=C(C)C(O)[C@H]5OCC(=CC=CC3C)[C@@]54O)C[C@@H]2OC)O[C@@H](C)[C@H]1O. The Morgan fingerprint density at radius 2 is 1.56 bits per heavy atom. The first-order chi connectivity index (χ1) is 29.0. The summed E-state index contributed by atoms with van der Waals surface area (Å²) in [5, 5.41) is 34.2. The monoisotopic (exact) mass is 858 g/mol. The van der Waals surface area contributed by atoms with Gasteiger partial charge in [-0.05, 0) is 62.8 Å². The Hall–Kier alpha value is -2.31. The summed E-state index contributed by atoms with van der Waals surface area (Å²) in [5.74, 6) is -2.62. The standard InChI is InChI=1S/C47H70O14/c1-24(2)41-27(5)16-17-46(61-41)22-33-19-32(60-46)15-14-26(4)42(25(3)12-11-13-31-23-54-44-39(48)28(6)18-34(45(50)57-33)47(31,44)51)58-38-21-36(53-10)43(30(8)56-38)59-37-20-35(52-9)40(49)29(7)55-37/h11-14,16-18,24-25,27,29-30,32-44,48-49,51H,15,19-23H2,1-10H3/t25?,27?,29-,30-,32+,33+,34-,35-,36-,37?,38?,39?,40+,41-,42-,43+,44+,46?,47-/m0/s1. The first-order valence-electron chi connectivity index (χ1n) is 22.3. The Kier molecular flexibility index (Phi) is 14.6. The minimum absolute atomic E-state index is 0.0313. The first-order valence-corrected chi connectivity index (χ1v) is 22.3. The summed E-state index contributed by atoms with van der Waals surface area (Å²) in [6.07, 6.45) is 7.54. The van der Waals surface area contributed by atoms with Crippen molar-refractivity contribution in [3.05, 3.63) is 59.3 Å². The third-order valence-corrected chi connectivity index (χ3v) is 14.0. The number of hydrogen-bond donors (Lipinski definition) is 3. The second-order valence-electron chi connectivity index (χ2n) is 18.8. The van der Waals surface area contributed by atoms with Gasteiger partial charge in [-0.15, -0.1) is 0 Å². The molecular formula is C47H70O14. The zero-order chi connectivity index (χ0) is 44.0. The van der Waals surface area contributed by atoms with Crippen molar-refractivity contribution >= 4 is 5.97 Å². The summed E-state index contributed by atoms with van der Waals surface area (Å²) in [6.45, 7) is 16.0. The second-order valence-corrected chi connectivity index (χ2v) is 18.8. The third-order valence-electron chi connectivity index (χ3n) is 14.0. The highest BCUT2D eigenvalue weighted by Crippen LogP contribution is 2.47. The van der Waals surface area contributed by atoms with Crippen LogP contribution >= 0.6 is 0 Å². The molecule has 7 aliphatic rings. The molecule has 3 N–H and O–H groups in total. The first kappa shape index (κ1) is 46.7. The smallest absolute Gasteiger partial charge is 0.316 e. The molecule has 4 fully saturated rings. The van der Waals surface area contributed by atoms with Gasteiger partial charge < -0.3 is 62.7 Å². The van der Waals surface area contributed by atoms with Crippen molar-refractivity contribution in [2.75, 3.05) is 20.8 Å². The molecule has 14 heteroatoms. The van der Waals surface area contributed by atoms with Crippen LogP contribution in [0, 0.1) is 23.7 Å². The van der Waals surface area contributed by atoms with Crippen LogP contribution in [0.2, 0.25) is 0 Å². The number of esters is 1. The van der Waals surface area contributed by atoms with Gasteiger partial charge in [-0.2, -0.15) is 0 Å². The molecule has 4 saturated heterocycles. The summed E-state index contributed by atoms with van der Waals surface area (Å²) in [4.78, 5) is 14.3. The lowest BCUT2D eigenvalue weighted by molar-refractivity contribution is -0.318. The number of ether oxygens (including phenoxy) is 10. The molecule has 0 aromatic heterocycles. The number of methoxy groups -OCH3 is 2. The van der Waals surface area contributed by atoms with Gasteiger partial charge in [0, 0.05) is 51.7 Å². The number of allylic oxidation sites excluding steroid dienone is 2. The molecule has 6 aliphatic heterocycles. The van der Waals surface area contributed by atoms with Gasteiger partial charge in [0.05, 0.1) is 49.3 Å². The number of rotatable bonds is 7. The van der Waals surface area contributed by atoms with Crippen molar-refractivity contribution in [2.24, 2.45) is 23.7 Å². The Balaban J connectivity index is 1.18. The highest BCUT2D eigenvalue weighted by Gasteiger charge is 2.60. The minimum Gasteiger partial charge on any atom is -0.462 e. The molecule has 6 heterocycles. The molecule has 0 amide bonds. The summed E-state index contributed by atoms with van der Waals surface area (Å²) in [6, 6.07) is 0. The van der Waals surface area contributed by atoms with Crippen molar-refractivity contribution < 1.29 is 67.5 Å². The molecule has 14 nitrogen and oxygen atoms in total.